The molecule has 0 aliphatic carbocycles. The van der Waals surface area contributed by atoms with Crippen LogP contribution in [0.1, 0.15) is 26.7 Å². The lowest BCUT2D eigenvalue weighted by Gasteiger charge is -2.21. The maximum atomic E-state index is 11.6. The van der Waals surface area contributed by atoms with Crippen LogP contribution in [0.4, 0.5) is 0 Å². The van der Waals surface area contributed by atoms with Gasteiger partial charge < -0.3 is 0 Å². The minimum absolute atomic E-state index is 0.174. The minimum atomic E-state index is -0.184. The summed E-state index contributed by atoms with van der Waals surface area (Å²) < 4.78 is 0. The maximum Gasteiger partial charge on any atom is 0.233 e. The fourth-order valence-electron chi connectivity index (χ4n) is 1.82. The summed E-state index contributed by atoms with van der Waals surface area (Å²) in [5.74, 6) is -0.533. The molecule has 1 aliphatic heterocycles. The Balaban J connectivity index is 2.77. The monoisotopic (exact) mass is 219 g/mol. The van der Waals surface area contributed by atoms with Crippen molar-refractivity contribution >= 4 is 11.8 Å². The van der Waals surface area contributed by atoms with Gasteiger partial charge in [0.05, 0.1) is 5.92 Å². The average Bonchev–Trinajstić information content (AvgIpc) is 2.17. The normalized spacial score (nSPS) is 23.0. The summed E-state index contributed by atoms with van der Waals surface area (Å²) in [6.45, 7) is 7.49. The molecule has 1 aliphatic rings. The van der Waals surface area contributed by atoms with Crippen molar-refractivity contribution in [2.24, 2.45) is 5.92 Å². The summed E-state index contributed by atoms with van der Waals surface area (Å²) >= 11 is 0. The molecule has 1 atom stereocenters. The van der Waals surface area contributed by atoms with E-state index in [4.69, 9.17) is 0 Å². The number of nitrogens with one attached hydrogen (secondary N) is 1. The molecule has 3 heteroatoms. The number of rotatable bonds is 3. The molecule has 1 fully saturated rings. The van der Waals surface area contributed by atoms with Gasteiger partial charge in [-0.1, -0.05) is 36.0 Å². The maximum absolute atomic E-state index is 11.6. The van der Waals surface area contributed by atoms with Crippen molar-refractivity contribution in [2.45, 2.75) is 26.7 Å². The predicted octanol–water partition coefficient (Wildman–Crippen LogP) is 2.12. The zero-order valence-electron chi connectivity index (χ0n) is 9.75. The van der Waals surface area contributed by atoms with Crippen LogP contribution in [0.2, 0.25) is 0 Å². The fourth-order valence-corrected chi connectivity index (χ4v) is 1.82. The van der Waals surface area contributed by atoms with Crippen LogP contribution in [0.25, 0.3) is 0 Å². The number of piperidine rings is 1. The summed E-state index contributed by atoms with van der Waals surface area (Å²) in [5, 5.41) is 2.36. The van der Waals surface area contributed by atoms with Crippen molar-refractivity contribution in [3.05, 3.63) is 36.0 Å². The molecular weight excluding hydrogens is 202 g/mol. The molecule has 0 spiro atoms. The number of imide groups is 1. The van der Waals surface area contributed by atoms with Crippen molar-refractivity contribution in [2.75, 3.05) is 0 Å². The second-order valence-corrected chi connectivity index (χ2v) is 4.04. The quantitative estimate of drug-likeness (QED) is 0.583. The van der Waals surface area contributed by atoms with Gasteiger partial charge in [0.25, 0.3) is 0 Å². The van der Waals surface area contributed by atoms with Crippen LogP contribution in [0.15, 0.2) is 36.0 Å². The Bertz CT molecular complexity index is 377. The van der Waals surface area contributed by atoms with Crippen LogP contribution in [0, 0.1) is 5.92 Å². The molecule has 2 amide bonds. The van der Waals surface area contributed by atoms with Crippen LogP contribution in [-0.4, -0.2) is 11.8 Å². The molecule has 0 saturated carbocycles. The number of carbonyl (C=O) groups is 2. The van der Waals surface area contributed by atoms with Crippen LogP contribution in [-0.2, 0) is 9.59 Å². The van der Waals surface area contributed by atoms with Crippen LogP contribution in [0.5, 0.6) is 0 Å². The average molecular weight is 219 g/mol. The highest BCUT2D eigenvalue weighted by atomic mass is 16.2. The van der Waals surface area contributed by atoms with Gasteiger partial charge in [0.15, 0.2) is 0 Å². The Morgan fingerprint density at radius 3 is 2.69 bits per heavy atom. The summed E-state index contributed by atoms with van der Waals surface area (Å²) in [5.41, 5.74) is 2.04. The van der Waals surface area contributed by atoms with E-state index in [9.17, 15) is 9.59 Å². The first kappa shape index (κ1) is 12.4. The smallest absolute Gasteiger partial charge is 0.233 e. The van der Waals surface area contributed by atoms with Crippen LogP contribution >= 0.6 is 0 Å². The van der Waals surface area contributed by atoms with E-state index in [0.29, 0.717) is 12.8 Å². The molecule has 0 radical (unpaired) electrons. The van der Waals surface area contributed by atoms with Gasteiger partial charge in [0.2, 0.25) is 11.8 Å². The zero-order valence-corrected chi connectivity index (χ0v) is 9.75. The van der Waals surface area contributed by atoms with Crippen molar-refractivity contribution in [1.29, 1.82) is 0 Å². The third kappa shape index (κ3) is 3.19. The number of amides is 2. The Morgan fingerprint density at radius 2 is 2.12 bits per heavy atom. The molecule has 1 N–H and O–H groups in total. The van der Waals surface area contributed by atoms with Crippen LogP contribution < -0.4 is 5.32 Å². The molecule has 1 saturated heterocycles. The van der Waals surface area contributed by atoms with Gasteiger partial charge in [0.1, 0.15) is 0 Å². The molecule has 1 unspecified atom stereocenters. The van der Waals surface area contributed by atoms with E-state index in [1.54, 1.807) is 6.08 Å². The lowest BCUT2D eigenvalue weighted by molar-refractivity contribution is -0.135. The Kier molecular flexibility index (Phi) is 4.23. The van der Waals surface area contributed by atoms with Crippen molar-refractivity contribution in [3.63, 3.8) is 0 Å². The summed E-state index contributed by atoms with van der Waals surface area (Å²) in [4.78, 5) is 22.6. The molecule has 86 valence electrons. The minimum Gasteiger partial charge on any atom is -0.296 e. The number of hydrogen-bond donors (Lipinski definition) is 1. The van der Waals surface area contributed by atoms with Crippen molar-refractivity contribution < 1.29 is 9.59 Å². The molecular formula is C13H17NO2. The highest BCUT2D eigenvalue weighted by Crippen LogP contribution is 2.21. The molecule has 0 bridgehead atoms. The third-order valence-electron chi connectivity index (χ3n) is 2.62. The third-order valence-corrected chi connectivity index (χ3v) is 2.62. The lowest BCUT2D eigenvalue weighted by atomic mass is 9.90. The predicted molar refractivity (Wildman–Crippen MR) is 63.6 cm³/mol. The first-order valence-electron chi connectivity index (χ1n) is 5.36. The molecule has 3 nitrogen and oxygen atoms in total. The summed E-state index contributed by atoms with van der Waals surface area (Å²) in [6.07, 6.45) is 6.58. The van der Waals surface area contributed by atoms with Gasteiger partial charge in [-0.05, 0) is 20.3 Å². The zero-order chi connectivity index (χ0) is 12.1. The molecule has 0 aromatic carbocycles. The van der Waals surface area contributed by atoms with Gasteiger partial charge in [0, 0.05) is 6.42 Å². The van der Waals surface area contributed by atoms with E-state index < -0.39 is 0 Å². The number of hydrogen-bond acceptors (Lipinski definition) is 2. The fraction of sp³-hybridized carbons (Fsp3) is 0.385. The number of allylic oxidation sites excluding steroid dienone is 4. The molecule has 0 aromatic rings. The van der Waals surface area contributed by atoms with Crippen molar-refractivity contribution in [1.82, 2.24) is 5.32 Å². The second kappa shape index (κ2) is 5.45. The Labute approximate surface area is 95.9 Å². The van der Waals surface area contributed by atoms with E-state index >= 15 is 0 Å². The Morgan fingerprint density at radius 1 is 1.44 bits per heavy atom. The SMILES string of the molecule is C=C/C=C(C)\C=C(/C)C1CCC(=O)NC1=O. The van der Waals surface area contributed by atoms with E-state index in [-0.39, 0.29) is 17.7 Å². The first-order valence-corrected chi connectivity index (χ1v) is 5.36. The molecule has 0 aromatic heterocycles. The van der Waals surface area contributed by atoms with E-state index in [2.05, 4.69) is 11.9 Å². The lowest BCUT2D eigenvalue weighted by Crippen LogP contribution is -2.41. The van der Waals surface area contributed by atoms with Gasteiger partial charge in [-0.25, -0.2) is 0 Å². The van der Waals surface area contributed by atoms with Gasteiger partial charge in [-0.2, -0.15) is 0 Å². The summed E-state index contributed by atoms with van der Waals surface area (Å²) in [6, 6.07) is 0. The van der Waals surface area contributed by atoms with Gasteiger partial charge in [-0.15, -0.1) is 0 Å². The highest BCUT2D eigenvalue weighted by molar-refractivity contribution is 5.99. The standard InChI is InChI=1S/C13H17NO2/c1-4-5-9(2)8-10(3)11-6-7-12(15)14-13(11)16/h4-5,8,11H,1,6-7H2,2-3H3,(H,14,15,16)/b9-5-,10-8+. The second-order valence-electron chi connectivity index (χ2n) is 4.04. The van der Waals surface area contributed by atoms with Gasteiger partial charge in [-0.3, -0.25) is 14.9 Å². The molecule has 1 heterocycles. The topological polar surface area (TPSA) is 46.2 Å². The van der Waals surface area contributed by atoms with E-state index in [0.717, 1.165) is 11.1 Å². The van der Waals surface area contributed by atoms with E-state index in [1.165, 1.54) is 0 Å². The van der Waals surface area contributed by atoms with Gasteiger partial charge >= 0.3 is 0 Å². The van der Waals surface area contributed by atoms with Crippen LogP contribution in [0.3, 0.4) is 0 Å². The molecule has 1 rings (SSSR count). The first-order chi connectivity index (χ1) is 7.54. The Hall–Kier alpha value is -1.64. The molecule has 16 heavy (non-hydrogen) atoms. The van der Waals surface area contributed by atoms with E-state index in [1.807, 2.05) is 26.0 Å². The summed E-state index contributed by atoms with van der Waals surface area (Å²) in [7, 11) is 0. The number of carbonyl (C=O) groups excluding carboxylic acids is 2. The largest absolute Gasteiger partial charge is 0.296 e. The highest BCUT2D eigenvalue weighted by Gasteiger charge is 2.27. The van der Waals surface area contributed by atoms with Crippen molar-refractivity contribution in [3.8, 4) is 0 Å².